The van der Waals surface area contributed by atoms with Crippen LogP contribution in [0.2, 0.25) is 0 Å². The van der Waals surface area contributed by atoms with Crippen LogP contribution in [0.1, 0.15) is 5.56 Å². The van der Waals surface area contributed by atoms with Gasteiger partial charge in [0.2, 0.25) is 5.88 Å². The predicted octanol–water partition coefficient (Wildman–Crippen LogP) is 3.91. The van der Waals surface area contributed by atoms with Crippen LogP contribution in [-0.2, 0) is 5.88 Å². The van der Waals surface area contributed by atoms with Gasteiger partial charge in [-0.25, -0.2) is 4.98 Å². The van der Waals surface area contributed by atoms with Gasteiger partial charge < -0.3 is 4.74 Å². The van der Waals surface area contributed by atoms with Crippen molar-refractivity contribution in [1.82, 2.24) is 4.98 Å². The maximum atomic E-state index is 12.1. The summed E-state index contributed by atoms with van der Waals surface area (Å²) in [5, 5.41) is 0.812. The summed E-state index contributed by atoms with van der Waals surface area (Å²) in [6, 6.07) is 8.51. The fourth-order valence-electron chi connectivity index (χ4n) is 1.56. The maximum Gasteiger partial charge on any atom is 0.422 e. The molecule has 0 saturated carbocycles. The SMILES string of the molecule is FC(F)(F)COc1cc(CCl)c2ccccc2n1. The first-order valence-corrected chi connectivity index (χ1v) is 5.67. The monoisotopic (exact) mass is 275 g/mol. The fraction of sp³-hybridized carbons (Fsp3) is 0.250. The molecule has 0 radical (unpaired) electrons. The number of hydrogen-bond acceptors (Lipinski definition) is 2. The molecule has 1 aromatic heterocycles. The number of rotatable bonds is 3. The van der Waals surface area contributed by atoms with Gasteiger partial charge in [-0.15, -0.1) is 11.6 Å². The zero-order valence-electron chi connectivity index (χ0n) is 9.17. The van der Waals surface area contributed by atoms with Gasteiger partial charge in [-0.2, -0.15) is 13.2 Å². The van der Waals surface area contributed by atoms with Crippen LogP contribution in [0.4, 0.5) is 13.2 Å². The summed E-state index contributed by atoms with van der Waals surface area (Å²) in [6.45, 7) is -1.36. The third kappa shape index (κ3) is 3.04. The van der Waals surface area contributed by atoms with E-state index in [1.807, 2.05) is 12.1 Å². The lowest BCUT2D eigenvalue weighted by atomic mass is 10.1. The van der Waals surface area contributed by atoms with Gasteiger partial charge in [0.05, 0.1) is 5.52 Å². The normalized spacial score (nSPS) is 11.8. The van der Waals surface area contributed by atoms with Crippen LogP contribution in [0.5, 0.6) is 5.88 Å². The average molecular weight is 276 g/mol. The Kier molecular flexibility index (Phi) is 3.61. The molecule has 6 heteroatoms. The Morgan fingerprint density at radius 3 is 2.61 bits per heavy atom. The summed E-state index contributed by atoms with van der Waals surface area (Å²) in [6.07, 6.45) is -4.38. The molecule has 18 heavy (non-hydrogen) atoms. The summed E-state index contributed by atoms with van der Waals surface area (Å²) in [7, 11) is 0. The number of hydrogen-bond donors (Lipinski definition) is 0. The Morgan fingerprint density at radius 2 is 1.94 bits per heavy atom. The topological polar surface area (TPSA) is 22.1 Å². The number of fused-ring (bicyclic) bond motifs is 1. The molecule has 0 aliphatic carbocycles. The first-order valence-electron chi connectivity index (χ1n) is 5.14. The number of benzene rings is 1. The van der Waals surface area contributed by atoms with E-state index in [0.717, 1.165) is 5.39 Å². The predicted molar refractivity (Wildman–Crippen MR) is 62.9 cm³/mol. The smallest absolute Gasteiger partial charge is 0.422 e. The molecule has 0 fully saturated rings. The van der Waals surface area contributed by atoms with Gasteiger partial charge in [-0.1, -0.05) is 18.2 Å². The van der Waals surface area contributed by atoms with Crippen LogP contribution in [0.3, 0.4) is 0 Å². The van der Waals surface area contributed by atoms with Crippen molar-refractivity contribution in [2.75, 3.05) is 6.61 Å². The van der Waals surface area contributed by atoms with Crippen LogP contribution in [0.25, 0.3) is 10.9 Å². The first-order chi connectivity index (χ1) is 8.49. The molecule has 0 unspecified atom stereocenters. The summed E-state index contributed by atoms with van der Waals surface area (Å²) in [4.78, 5) is 4.01. The molecule has 0 atom stereocenters. The highest BCUT2D eigenvalue weighted by Gasteiger charge is 2.28. The number of aromatic nitrogens is 1. The Morgan fingerprint density at radius 1 is 1.22 bits per heavy atom. The van der Waals surface area contributed by atoms with Crippen molar-refractivity contribution in [3.63, 3.8) is 0 Å². The van der Waals surface area contributed by atoms with E-state index in [1.54, 1.807) is 12.1 Å². The fourth-order valence-corrected chi connectivity index (χ4v) is 1.78. The van der Waals surface area contributed by atoms with Crippen molar-refractivity contribution in [3.8, 4) is 5.88 Å². The lowest BCUT2D eigenvalue weighted by Crippen LogP contribution is -2.19. The summed E-state index contributed by atoms with van der Waals surface area (Å²) in [5.74, 6) is 0.118. The Balaban J connectivity index is 2.35. The molecule has 0 aliphatic rings. The maximum absolute atomic E-state index is 12.1. The van der Waals surface area contributed by atoms with Crippen molar-refractivity contribution >= 4 is 22.5 Å². The molecule has 1 heterocycles. The van der Waals surface area contributed by atoms with E-state index < -0.39 is 12.8 Å². The number of pyridine rings is 1. The highest BCUT2D eigenvalue weighted by Crippen LogP contribution is 2.24. The minimum atomic E-state index is -4.38. The van der Waals surface area contributed by atoms with Crippen molar-refractivity contribution in [2.24, 2.45) is 0 Å². The summed E-state index contributed by atoms with van der Waals surface area (Å²) >= 11 is 5.76. The highest BCUT2D eigenvalue weighted by molar-refractivity contribution is 6.18. The van der Waals surface area contributed by atoms with Gasteiger partial charge in [0.1, 0.15) is 0 Å². The molecule has 0 N–H and O–H groups in total. The lowest BCUT2D eigenvalue weighted by Gasteiger charge is -2.10. The minimum absolute atomic E-state index is 0.0679. The minimum Gasteiger partial charge on any atom is -0.468 e. The van der Waals surface area contributed by atoms with E-state index in [0.29, 0.717) is 11.1 Å². The summed E-state index contributed by atoms with van der Waals surface area (Å²) in [5.41, 5.74) is 1.26. The van der Waals surface area contributed by atoms with Gasteiger partial charge in [-0.05, 0) is 11.6 Å². The van der Waals surface area contributed by atoms with Crippen molar-refractivity contribution < 1.29 is 17.9 Å². The third-order valence-corrected chi connectivity index (χ3v) is 2.59. The largest absolute Gasteiger partial charge is 0.468 e. The average Bonchev–Trinajstić information content (AvgIpc) is 2.34. The molecule has 0 aliphatic heterocycles. The zero-order chi connectivity index (χ0) is 13.2. The third-order valence-electron chi connectivity index (χ3n) is 2.31. The van der Waals surface area contributed by atoms with E-state index in [-0.39, 0.29) is 11.8 Å². The molecule has 2 nitrogen and oxygen atoms in total. The number of halogens is 4. The van der Waals surface area contributed by atoms with E-state index in [9.17, 15) is 13.2 Å². The van der Waals surface area contributed by atoms with Gasteiger partial charge in [-0.3, -0.25) is 0 Å². The van der Waals surface area contributed by atoms with Gasteiger partial charge in [0.15, 0.2) is 6.61 Å². The number of ether oxygens (including phenoxy) is 1. The molecule has 1 aromatic carbocycles. The first kappa shape index (κ1) is 13.0. The van der Waals surface area contributed by atoms with Crippen molar-refractivity contribution in [1.29, 1.82) is 0 Å². The zero-order valence-corrected chi connectivity index (χ0v) is 9.92. The number of para-hydroxylation sites is 1. The van der Waals surface area contributed by atoms with Crippen LogP contribution >= 0.6 is 11.6 Å². The van der Waals surface area contributed by atoms with E-state index >= 15 is 0 Å². The molecule has 96 valence electrons. The highest BCUT2D eigenvalue weighted by atomic mass is 35.5. The molecule has 0 amide bonds. The molecule has 2 aromatic rings. The second-order valence-corrected chi connectivity index (χ2v) is 3.94. The van der Waals surface area contributed by atoms with E-state index in [4.69, 9.17) is 11.6 Å². The molecule has 2 rings (SSSR count). The van der Waals surface area contributed by atoms with Crippen LogP contribution in [0, 0.1) is 0 Å². The lowest BCUT2D eigenvalue weighted by molar-refractivity contribution is -0.154. The second kappa shape index (κ2) is 5.02. The van der Waals surface area contributed by atoms with Crippen LogP contribution < -0.4 is 4.74 Å². The van der Waals surface area contributed by atoms with Crippen molar-refractivity contribution in [2.45, 2.75) is 12.1 Å². The quantitative estimate of drug-likeness (QED) is 0.792. The molecular weight excluding hydrogens is 267 g/mol. The molecule has 0 bridgehead atoms. The second-order valence-electron chi connectivity index (χ2n) is 3.67. The van der Waals surface area contributed by atoms with Gasteiger partial charge >= 0.3 is 6.18 Å². The number of nitrogens with zero attached hydrogens (tertiary/aromatic N) is 1. The summed E-state index contributed by atoms with van der Waals surface area (Å²) < 4.78 is 40.8. The van der Waals surface area contributed by atoms with E-state index in [1.165, 1.54) is 6.07 Å². The number of alkyl halides is 4. The molecule has 0 saturated heterocycles. The van der Waals surface area contributed by atoms with Gasteiger partial charge in [0.25, 0.3) is 0 Å². The standard InChI is InChI=1S/C12H9ClF3NO/c13-6-8-5-11(18-7-12(14,15)16)17-10-4-2-1-3-9(8)10/h1-5H,6-7H2. The Hall–Kier alpha value is -1.49. The van der Waals surface area contributed by atoms with Crippen LogP contribution in [0.15, 0.2) is 30.3 Å². The Labute approximate surface area is 106 Å². The van der Waals surface area contributed by atoms with Crippen molar-refractivity contribution in [3.05, 3.63) is 35.9 Å². The Bertz CT molecular complexity index is 557. The molecular formula is C12H9ClF3NO. The van der Waals surface area contributed by atoms with Gasteiger partial charge in [0, 0.05) is 17.3 Å². The molecule has 0 spiro atoms. The van der Waals surface area contributed by atoms with E-state index in [2.05, 4.69) is 9.72 Å². The van der Waals surface area contributed by atoms with Crippen LogP contribution in [-0.4, -0.2) is 17.8 Å².